The Morgan fingerprint density at radius 3 is 2.77 bits per heavy atom. The van der Waals surface area contributed by atoms with E-state index in [2.05, 4.69) is 22.2 Å². The Balaban J connectivity index is 1.82. The molecular weight excluding hydrogens is 282 g/mol. The minimum atomic E-state index is -0.280. The summed E-state index contributed by atoms with van der Waals surface area (Å²) in [6, 6.07) is 10.3. The Morgan fingerprint density at radius 2 is 2.09 bits per heavy atom. The van der Waals surface area contributed by atoms with Gasteiger partial charge in [0.25, 0.3) is 0 Å². The van der Waals surface area contributed by atoms with Gasteiger partial charge in [-0.3, -0.25) is 4.79 Å². The van der Waals surface area contributed by atoms with Gasteiger partial charge in [0, 0.05) is 13.0 Å². The van der Waals surface area contributed by atoms with Crippen LogP contribution in [0.25, 0.3) is 0 Å². The number of hydrogen-bond donors (Lipinski definition) is 1. The van der Waals surface area contributed by atoms with Gasteiger partial charge in [-0.05, 0) is 18.5 Å². The molecule has 22 heavy (non-hydrogen) atoms. The Hall–Kier alpha value is -1.43. The highest BCUT2D eigenvalue weighted by atomic mass is 16.6. The number of hydrogen-bond acceptors (Lipinski definition) is 5. The number of rotatable bonds is 8. The smallest absolute Gasteiger partial charge is 0.306 e. The lowest BCUT2D eigenvalue weighted by molar-refractivity contribution is -0.159. The summed E-state index contributed by atoms with van der Waals surface area (Å²) in [4.78, 5) is 11.1. The van der Waals surface area contributed by atoms with Crippen molar-refractivity contribution in [3.05, 3.63) is 35.9 Å². The zero-order valence-electron chi connectivity index (χ0n) is 13.2. The zero-order valence-corrected chi connectivity index (χ0v) is 13.2. The summed E-state index contributed by atoms with van der Waals surface area (Å²) in [5, 5.41) is 3.27. The molecule has 0 aromatic heterocycles. The molecule has 5 nitrogen and oxygen atoms in total. The molecule has 0 radical (unpaired) electrons. The molecule has 1 fully saturated rings. The standard InChI is InChI=1S/C17H25NO4/c1-20-16(19)7-9-18-10-8-17(14-21-11-12-22-17)13-15-5-3-2-4-6-15/h2-6,18H,7-14H2,1H3. The molecule has 1 N–H and O–H groups in total. The van der Waals surface area contributed by atoms with E-state index in [1.807, 2.05) is 18.2 Å². The summed E-state index contributed by atoms with van der Waals surface area (Å²) in [5.41, 5.74) is 0.972. The van der Waals surface area contributed by atoms with E-state index in [9.17, 15) is 4.79 Å². The Labute approximate surface area is 131 Å². The first-order valence-electron chi connectivity index (χ1n) is 7.77. The third kappa shape index (κ3) is 5.40. The lowest BCUT2D eigenvalue weighted by Crippen LogP contribution is -2.47. The first-order chi connectivity index (χ1) is 10.7. The zero-order chi connectivity index (χ0) is 15.7. The van der Waals surface area contributed by atoms with Crippen molar-refractivity contribution in [3.8, 4) is 0 Å². The van der Waals surface area contributed by atoms with Crippen molar-refractivity contribution in [1.29, 1.82) is 0 Å². The molecule has 1 aromatic carbocycles. The number of ether oxygens (including phenoxy) is 3. The number of esters is 1. The fraction of sp³-hybridized carbons (Fsp3) is 0.588. The second-order valence-corrected chi connectivity index (χ2v) is 5.57. The van der Waals surface area contributed by atoms with Crippen molar-refractivity contribution in [2.75, 3.05) is 40.0 Å². The first kappa shape index (κ1) is 16.9. The monoisotopic (exact) mass is 307 g/mol. The molecule has 2 rings (SSSR count). The van der Waals surface area contributed by atoms with Gasteiger partial charge in [0.15, 0.2) is 0 Å². The molecule has 0 amide bonds. The largest absolute Gasteiger partial charge is 0.469 e. The summed E-state index contributed by atoms with van der Waals surface area (Å²) in [7, 11) is 1.41. The van der Waals surface area contributed by atoms with Crippen molar-refractivity contribution in [3.63, 3.8) is 0 Å². The molecule has 0 spiro atoms. The summed E-state index contributed by atoms with van der Waals surface area (Å²) in [5.74, 6) is -0.191. The van der Waals surface area contributed by atoms with Gasteiger partial charge in [0.2, 0.25) is 0 Å². The third-order valence-corrected chi connectivity index (χ3v) is 3.86. The number of carbonyl (C=O) groups is 1. The Bertz CT molecular complexity index is 443. The van der Waals surface area contributed by atoms with Crippen LogP contribution in [0.3, 0.4) is 0 Å². The van der Waals surface area contributed by atoms with Crippen LogP contribution in [0, 0.1) is 0 Å². The molecule has 1 aliphatic rings. The van der Waals surface area contributed by atoms with E-state index in [1.165, 1.54) is 12.7 Å². The summed E-state index contributed by atoms with van der Waals surface area (Å²) in [6.07, 6.45) is 2.08. The van der Waals surface area contributed by atoms with E-state index >= 15 is 0 Å². The molecule has 122 valence electrons. The van der Waals surface area contributed by atoms with Crippen LogP contribution in [0.5, 0.6) is 0 Å². The second-order valence-electron chi connectivity index (χ2n) is 5.57. The van der Waals surface area contributed by atoms with Gasteiger partial charge in [-0.15, -0.1) is 0 Å². The molecule has 1 saturated heterocycles. The van der Waals surface area contributed by atoms with Crippen LogP contribution in [0.2, 0.25) is 0 Å². The van der Waals surface area contributed by atoms with Crippen LogP contribution in [0.15, 0.2) is 30.3 Å². The fourth-order valence-electron chi connectivity index (χ4n) is 2.65. The maximum absolute atomic E-state index is 11.1. The predicted molar refractivity (Wildman–Crippen MR) is 83.8 cm³/mol. The molecular formula is C17H25NO4. The molecule has 0 saturated carbocycles. The van der Waals surface area contributed by atoms with Crippen molar-refractivity contribution in [1.82, 2.24) is 5.32 Å². The Kier molecular flexibility index (Phi) is 6.83. The van der Waals surface area contributed by atoms with E-state index in [1.54, 1.807) is 0 Å². The summed E-state index contributed by atoms with van der Waals surface area (Å²) >= 11 is 0. The van der Waals surface area contributed by atoms with Crippen LogP contribution < -0.4 is 5.32 Å². The number of carbonyl (C=O) groups excluding carboxylic acids is 1. The van der Waals surface area contributed by atoms with Crippen LogP contribution in [-0.2, 0) is 25.4 Å². The average Bonchev–Trinajstić information content (AvgIpc) is 2.56. The van der Waals surface area contributed by atoms with Crippen molar-refractivity contribution >= 4 is 5.97 Å². The fourth-order valence-corrected chi connectivity index (χ4v) is 2.65. The molecule has 1 aliphatic heterocycles. The average molecular weight is 307 g/mol. The molecule has 5 heteroatoms. The lowest BCUT2D eigenvalue weighted by Gasteiger charge is -2.37. The SMILES string of the molecule is COC(=O)CCNCCC1(Cc2ccccc2)COCCO1. The van der Waals surface area contributed by atoms with E-state index in [0.717, 1.165) is 19.4 Å². The maximum atomic E-state index is 11.1. The van der Waals surface area contributed by atoms with Gasteiger partial charge in [0.1, 0.15) is 0 Å². The number of methoxy groups -OCH3 is 1. The van der Waals surface area contributed by atoms with E-state index < -0.39 is 0 Å². The van der Waals surface area contributed by atoms with Crippen molar-refractivity contribution in [2.45, 2.75) is 24.9 Å². The highest BCUT2D eigenvalue weighted by Crippen LogP contribution is 2.25. The number of benzene rings is 1. The van der Waals surface area contributed by atoms with Crippen molar-refractivity contribution < 1.29 is 19.0 Å². The molecule has 0 aliphatic carbocycles. The van der Waals surface area contributed by atoms with Gasteiger partial charge in [-0.25, -0.2) is 0 Å². The van der Waals surface area contributed by atoms with Crippen LogP contribution in [-0.4, -0.2) is 51.6 Å². The van der Waals surface area contributed by atoms with Gasteiger partial charge in [0.05, 0.1) is 39.0 Å². The van der Waals surface area contributed by atoms with Gasteiger partial charge >= 0.3 is 5.97 Å². The summed E-state index contributed by atoms with van der Waals surface area (Å²) < 4.78 is 16.3. The third-order valence-electron chi connectivity index (χ3n) is 3.86. The highest BCUT2D eigenvalue weighted by molar-refractivity contribution is 5.69. The quantitative estimate of drug-likeness (QED) is 0.583. The van der Waals surface area contributed by atoms with Gasteiger partial charge in [-0.1, -0.05) is 30.3 Å². The van der Waals surface area contributed by atoms with Gasteiger partial charge in [-0.2, -0.15) is 0 Å². The van der Waals surface area contributed by atoms with E-state index in [0.29, 0.717) is 32.8 Å². The topological polar surface area (TPSA) is 56.8 Å². The highest BCUT2D eigenvalue weighted by Gasteiger charge is 2.33. The lowest BCUT2D eigenvalue weighted by atomic mass is 9.91. The van der Waals surface area contributed by atoms with E-state index in [-0.39, 0.29) is 11.6 Å². The molecule has 1 heterocycles. The van der Waals surface area contributed by atoms with Crippen LogP contribution in [0.4, 0.5) is 0 Å². The molecule has 1 atom stereocenters. The first-order valence-corrected chi connectivity index (χ1v) is 7.77. The van der Waals surface area contributed by atoms with Gasteiger partial charge < -0.3 is 19.5 Å². The van der Waals surface area contributed by atoms with Crippen molar-refractivity contribution in [2.24, 2.45) is 0 Å². The molecule has 1 unspecified atom stereocenters. The number of nitrogens with one attached hydrogen (secondary N) is 1. The minimum absolute atomic E-state index is 0.191. The second kappa shape index (κ2) is 8.88. The summed E-state index contributed by atoms with van der Waals surface area (Å²) in [6.45, 7) is 3.31. The van der Waals surface area contributed by atoms with E-state index in [4.69, 9.17) is 9.47 Å². The minimum Gasteiger partial charge on any atom is -0.469 e. The molecule has 0 bridgehead atoms. The predicted octanol–water partition coefficient (Wildman–Crippen LogP) is 1.56. The normalized spacial score (nSPS) is 21.5. The van der Waals surface area contributed by atoms with Crippen LogP contribution >= 0.6 is 0 Å². The maximum Gasteiger partial charge on any atom is 0.306 e. The molecule has 1 aromatic rings. The Morgan fingerprint density at radius 1 is 1.27 bits per heavy atom. The van der Waals surface area contributed by atoms with Crippen LogP contribution in [0.1, 0.15) is 18.4 Å².